The first-order chi connectivity index (χ1) is 12.2. The van der Waals surface area contributed by atoms with E-state index in [1.807, 2.05) is 0 Å². The molecule has 1 amide bonds. The third kappa shape index (κ3) is 5.61. The van der Waals surface area contributed by atoms with Gasteiger partial charge in [0.05, 0.1) is 15.6 Å². The van der Waals surface area contributed by atoms with Gasteiger partial charge < -0.3 is 5.32 Å². The van der Waals surface area contributed by atoms with Crippen molar-refractivity contribution in [3.63, 3.8) is 0 Å². The Hall–Kier alpha value is -2.30. The lowest BCUT2D eigenvalue weighted by molar-refractivity contribution is -0.380. The van der Waals surface area contributed by atoms with E-state index in [1.54, 1.807) is 38.1 Å². The lowest BCUT2D eigenvalue weighted by atomic mass is 10.1. The SMILES string of the molecule is CC(C)NS(=O)(=O)Cc1ccccc1CNC(=O)c1ccc([N+](=O)[O-])s1. The summed E-state index contributed by atoms with van der Waals surface area (Å²) in [5.41, 5.74) is 1.25. The molecule has 1 aromatic carbocycles. The number of sulfonamides is 1. The molecule has 0 aliphatic rings. The zero-order valence-corrected chi connectivity index (χ0v) is 15.9. The summed E-state index contributed by atoms with van der Waals surface area (Å²) < 4.78 is 26.8. The van der Waals surface area contributed by atoms with Gasteiger partial charge in [-0.1, -0.05) is 35.6 Å². The molecular formula is C16H19N3O5S2. The quantitative estimate of drug-likeness (QED) is 0.524. The first-order valence-electron chi connectivity index (χ1n) is 7.77. The molecule has 1 heterocycles. The first-order valence-corrected chi connectivity index (χ1v) is 10.2. The lowest BCUT2D eigenvalue weighted by Gasteiger charge is -2.13. The number of nitro groups is 1. The Morgan fingerprint density at radius 1 is 1.19 bits per heavy atom. The molecule has 1 aromatic heterocycles. The van der Waals surface area contributed by atoms with Crippen molar-refractivity contribution in [3.05, 3.63) is 62.5 Å². The van der Waals surface area contributed by atoms with Gasteiger partial charge >= 0.3 is 5.00 Å². The van der Waals surface area contributed by atoms with Crippen LogP contribution in [0.2, 0.25) is 0 Å². The standard InChI is InChI=1S/C16H19N3O5S2/c1-11(2)18-26(23,24)10-13-6-4-3-5-12(13)9-17-16(20)14-7-8-15(25-14)19(21)22/h3-8,11,18H,9-10H2,1-2H3,(H,17,20). The highest BCUT2D eigenvalue weighted by Crippen LogP contribution is 2.23. The number of nitrogens with zero attached hydrogens (tertiary/aromatic N) is 1. The molecule has 0 aliphatic carbocycles. The van der Waals surface area contributed by atoms with Gasteiger partial charge in [-0.05, 0) is 31.0 Å². The summed E-state index contributed by atoms with van der Waals surface area (Å²) in [7, 11) is -3.49. The molecule has 0 radical (unpaired) electrons. The number of thiophene rings is 1. The number of amides is 1. The van der Waals surface area contributed by atoms with E-state index < -0.39 is 20.9 Å². The normalized spacial score (nSPS) is 11.5. The third-order valence-corrected chi connectivity index (χ3v) is 5.87. The zero-order valence-electron chi connectivity index (χ0n) is 14.3. The van der Waals surface area contributed by atoms with E-state index in [2.05, 4.69) is 10.0 Å². The smallest absolute Gasteiger partial charge is 0.324 e. The van der Waals surface area contributed by atoms with Crippen LogP contribution in [0.3, 0.4) is 0 Å². The van der Waals surface area contributed by atoms with E-state index in [0.717, 1.165) is 11.3 Å². The minimum Gasteiger partial charge on any atom is -0.347 e. The Kier molecular flexibility index (Phi) is 6.46. The summed E-state index contributed by atoms with van der Waals surface area (Å²) in [6, 6.07) is 9.37. The molecular weight excluding hydrogens is 378 g/mol. The van der Waals surface area contributed by atoms with Crippen LogP contribution >= 0.6 is 11.3 Å². The number of hydrogen-bond donors (Lipinski definition) is 2. The highest BCUT2D eigenvalue weighted by Gasteiger charge is 2.17. The zero-order chi connectivity index (χ0) is 19.3. The minimum absolute atomic E-state index is 0.110. The van der Waals surface area contributed by atoms with Crippen LogP contribution in [0, 0.1) is 10.1 Å². The Bertz CT molecular complexity index is 906. The van der Waals surface area contributed by atoms with Gasteiger partial charge in [0.1, 0.15) is 0 Å². The van der Waals surface area contributed by atoms with Gasteiger partial charge in [-0.3, -0.25) is 14.9 Å². The molecule has 2 N–H and O–H groups in total. The fraction of sp³-hybridized carbons (Fsp3) is 0.312. The molecule has 0 spiro atoms. The topological polar surface area (TPSA) is 118 Å². The highest BCUT2D eigenvalue weighted by molar-refractivity contribution is 7.88. The summed E-state index contributed by atoms with van der Waals surface area (Å²) in [5, 5.41) is 13.2. The molecule has 0 aliphatic heterocycles. The van der Waals surface area contributed by atoms with Crippen molar-refractivity contribution in [1.82, 2.24) is 10.0 Å². The van der Waals surface area contributed by atoms with Gasteiger partial charge in [0.2, 0.25) is 10.0 Å². The molecule has 10 heteroatoms. The largest absolute Gasteiger partial charge is 0.347 e. The van der Waals surface area contributed by atoms with Crippen LogP contribution < -0.4 is 10.0 Å². The monoisotopic (exact) mass is 397 g/mol. The van der Waals surface area contributed by atoms with Gasteiger partial charge in [-0.15, -0.1) is 0 Å². The van der Waals surface area contributed by atoms with Gasteiger partial charge in [-0.2, -0.15) is 0 Å². The number of carbonyl (C=O) groups excluding carboxylic acids is 1. The van der Waals surface area contributed by atoms with Crippen LogP contribution in [-0.2, 0) is 22.3 Å². The average Bonchev–Trinajstić information content (AvgIpc) is 3.02. The molecule has 2 rings (SSSR count). The summed E-state index contributed by atoms with van der Waals surface area (Å²) in [6.07, 6.45) is 0. The van der Waals surface area contributed by atoms with Crippen molar-refractivity contribution in [3.8, 4) is 0 Å². The van der Waals surface area contributed by atoms with Crippen molar-refractivity contribution in [1.29, 1.82) is 0 Å². The molecule has 0 atom stereocenters. The van der Waals surface area contributed by atoms with E-state index in [4.69, 9.17) is 0 Å². The van der Waals surface area contributed by atoms with Crippen LogP contribution in [0.5, 0.6) is 0 Å². The summed E-state index contributed by atoms with van der Waals surface area (Å²) >= 11 is 0.788. The van der Waals surface area contributed by atoms with Gasteiger partial charge in [0, 0.05) is 18.7 Å². The van der Waals surface area contributed by atoms with Crippen molar-refractivity contribution >= 4 is 32.3 Å². The fourth-order valence-electron chi connectivity index (χ4n) is 2.29. The van der Waals surface area contributed by atoms with Crippen LogP contribution in [0.4, 0.5) is 5.00 Å². The second-order valence-electron chi connectivity index (χ2n) is 5.88. The Balaban J connectivity index is 2.08. The lowest BCUT2D eigenvalue weighted by Crippen LogP contribution is -2.31. The van der Waals surface area contributed by atoms with E-state index in [9.17, 15) is 23.3 Å². The van der Waals surface area contributed by atoms with Crippen molar-refractivity contribution < 1.29 is 18.1 Å². The molecule has 8 nitrogen and oxygen atoms in total. The van der Waals surface area contributed by atoms with Gasteiger partial charge in [-0.25, -0.2) is 13.1 Å². The number of carbonyl (C=O) groups is 1. The number of rotatable bonds is 8. The number of benzene rings is 1. The maximum absolute atomic E-state index is 12.1. The average molecular weight is 397 g/mol. The summed E-state index contributed by atoms with van der Waals surface area (Å²) in [6.45, 7) is 3.60. The van der Waals surface area contributed by atoms with E-state index >= 15 is 0 Å². The Labute approximate surface area is 155 Å². The summed E-state index contributed by atoms with van der Waals surface area (Å²) in [5.74, 6) is -0.636. The summed E-state index contributed by atoms with van der Waals surface area (Å²) in [4.78, 5) is 22.5. The Morgan fingerprint density at radius 3 is 2.42 bits per heavy atom. The van der Waals surface area contributed by atoms with E-state index in [1.165, 1.54) is 12.1 Å². The van der Waals surface area contributed by atoms with Crippen LogP contribution in [0.1, 0.15) is 34.6 Å². The van der Waals surface area contributed by atoms with Crippen LogP contribution in [0.15, 0.2) is 36.4 Å². The second-order valence-corrected chi connectivity index (χ2v) is 8.69. The first kappa shape index (κ1) is 20.0. The molecule has 0 unspecified atom stereocenters. The molecule has 0 saturated heterocycles. The van der Waals surface area contributed by atoms with Gasteiger partial charge in [0.25, 0.3) is 5.91 Å². The highest BCUT2D eigenvalue weighted by atomic mass is 32.2. The van der Waals surface area contributed by atoms with E-state index in [0.29, 0.717) is 11.1 Å². The van der Waals surface area contributed by atoms with Gasteiger partial charge in [0.15, 0.2) is 0 Å². The molecule has 2 aromatic rings. The van der Waals surface area contributed by atoms with Crippen molar-refractivity contribution in [2.45, 2.75) is 32.2 Å². The fourth-order valence-corrected chi connectivity index (χ4v) is 4.52. The maximum Gasteiger partial charge on any atom is 0.324 e. The molecule has 0 fully saturated rings. The molecule has 0 saturated carbocycles. The molecule has 0 bridgehead atoms. The maximum atomic E-state index is 12.1. The minimum atomic E-state index is -3.49. The van der Waals surface area contributed by atoms with Crippen LogP contribution in [0.25, 0.3) is 0 Å². The van der Waals surface area contributed by atoms with Crippen molar-refractivity contribution in [2.75, 3.05) is 0 Å². The van der Waals surface area contributed by atoms with Crippen molar-refractivity contribution in [2.24, 2.45) is 0 Å². The number of hydrogen-bond acceptors (Lipinski definition) is 6. The van der Waals surface area contributed by atoms with Crippen LogP contribution in [-0.4, -0.2) is 25.3 Å². The number of nitrogens with one attached hydrogen (secondary N) is 2. The van der Waals surface area contributed by atoms with E-state index in [-0.39, 0.29) is 28.2 Å². The third-order valence-electron chi connectivity index (χ3n) is 3.31. The predicted molar refractivity (Wildman–Crippen MR) is 99.5 cm³/mol. The second kappa shape index (κ2) is 8.39. The molecule has 26 heavy (non-hydrogen) atoms. The Morgan fingerprint density at radius 2 is 1.85 bits per heavy atom. The predicted octanol–water partition coefficient (Wildman–Crippen LogP) is 2.41. The molecule has 140 valence electrons.